The highest BCUT2D eigenvalue weighted by Gasteiger charge is 2.23. The zero-order chi connectivity index (χ0) is 21.6. The topological polar surface area (TPSA) is 153 Å². The van der Waals surface area contributed by atoms with Gasteiger partial charge in [-0.15, -0.1) is 0 Å². The molecule has 0 aliphatic carbocycles. The molecule has 0 saturated carbocycles. The van der Waals surface area contributed by atoms with Crippen LogP contribution in [0.15, 0.2) is 29.2 Å². The standard InChI is InChI=1S/C17H14Cl3N9O/c1-6(24-14-11(20)13(21)26-17(22)27-14)15-25-12-8(19)3-2-7(18)10(12)16(30)29(15)9-4-5-23-28-9/h2-6H,1H3,(H,23,28)(H5,21,22,24,26,27). The van der Waals surface area contributed by atoms with E-state index in [9.17, 15) is 4.79 Å². The van der Waals surface area contributed by atoms with Gasteiger partial charge in [0.1, 0.15) is 22.5 Å². The second-order valence-corrected chi connectivity index (χ2v) is 7.49. The van der Waals surface area contributed by atoms with Gasteiger partial charge in [0.15, 0.2) is 5.82 Å². The SMILES string of the molecule is CC(Nc1nc(N)nc(N)c1Cl)c1nc2c(Cl)ccc(Cl)c2c(=O)n1-c1ccn[nH]1. The average molecular weight is 467 g/mol. The maximum atomic E-state index is 13.4. The van der Waals surface area contributed by atoms with Gasteiger partial charge in [-0.3, -0.25) is 9.89 Å². The number of hydrogen-bond donors (Lipinski definition) is 4. The Morgan fingerprint density at radius 2 is 1.83 bits per heavy atom. The summed E-state index contributed by atoms with van der Waals surface area (Å²) in [5.74, 6) is 0.844. The van der Waals surface area contributed by atoms with Gasteiger partial charge in [-0.05, 0) is 19.1 Å². The van der Waals surface area contributed by atoms with Crippen LogP contribution in [0.4, 0.5) is 17.6 Å². The number of aromatic amines is 1. The van der Waals surface area contributed by atoms with E-state index < -0.39 is 11.6 Å². The third-order valence-corrected chi connectivity index (χ3v) is 5.30. The van der Waals surface area contributed by atoms with E-state index in [4.69, 9.17) is 46.3 Å². The number of aromatic nitrogens is 6. The summed E-state index contributed by atoms with van der Waals surface area (Å²) >= 11 is 18.8. The third-order valence-electron chi connectivity index (χ3n) is 4.31. The maximum absolute atomic E-state index is 13.4. The predicted molar refractivity (Wildman–Crippen MR) is 117 cm³/mol. The number of hydrogen-bond acceptors (Lipinski definition) is 8. The molecule has 3 heterocycles. The number of nitrogens with zero attached hydrogens (tertiary/aromatic N) is 5. The van der Waals surface area contributed by atoms with Gasteiger partial charge in [0.25, 0.3) is 5.56 Å². The van der Waals surface area contributed by atoms with Gasteiger partial charge in [0.2, 0.25) is 5.95 Å². The number of H-pyrrole nitrogens is 1. The summed E-state index contributed by atoms with van der Waals surface area (Å²) in [6.07, 6.45) is 1.51. The summed E-state index contributed by atoms with van der Waals surface area (Å²) in [5, 5.41) is 10.5. The maximum Gasteiger partial charge on any atom is 0.268 e. The lowest BCUT2D eigenvalue weighted by Crippen LogP contribution is -2.28. The van der Waals surface area contributed by atoms with Gasteiger partial charge >= 0.3 is 0 Å². The van der Waals surface area contributed by atoms with E-state index in [1.165, 1.54) is 10.8 Å². The molecule has 154 valence electrons. The molecule has 0 radical (unpaired) electrons. The van der Waals surface area contributed by atoms with Crippen LogP contribution in [0, 0.1) is 0 Å². The molecule has 30 heavy (non-hydrogen) atoms. The van der Waals surface area contributed by atoms with Crippen molar-refractivity contribution in [2.24, 2.45) is 0 Å². The molecule has 10 nitrogen and oxygen atoms in total. The second kappa shape index (κ2) is 7.63. The highest BCUT2D eigenvalue weighted by molar-refractivity contribution is 6.39. The first-order valence-electron chi connectivity index (χ1n) is 8.53. The number of nitrogens with one attached hydrogen (secondary N) is 2. The molecule has 0 amide bonds. The number of fused-ring (bicyclic) bond motifs is 1. The summed E-state index contributed by atoms with van der Waals surface area (Å²) in [6.45, 7) is 1.75. The Labute approximate surface area is 184 Å². The van der Waals surface area contributed by atoms with Crippen LogP contribution in [-0.4, -0.2) is 29.7 Å². The Morgan fingerprint density at radius 3 is 2.53 bits per heavy atom. The summed E-state index contributed by atoms with van der Waals surface area (Å²) < 4.78 is 1.34. The highest BCUT2D eigenvalue weighted by atomic mass is 35.5. The molecule has 0 aliphatic rings. The minimum atomic E-state index is -0.591. The Bertz CT molecular complexity index is 1320. The van der Waals surface area contributed by atoms with Crippen LogP contribution in [0.1, 0.15) is 18.8 Å². The molecule has 4 aromatic rings. The minimum absolute atomic E-state index is 0.0196. The number of nitrogens with two attached hydrogens (primary N) is 2. The van der Waals surface area contributed by atoms with Crippen molar-refractivity contribution in [2.75, 3.05) is 16.8 Å². The quantitative estimate of drug-likeness (QED) is 0.357. The van der Waals surface area contributed by atoms with Crippen LogP contribution in [0.3, 0.4) is 0 Å². The monoisotopic (exact) mass is 465 g/mol. The molecule has 13 heteroatoms. The minimum Gasteiger partial charge on any atom is -0.382 e. The Balaban J connectivity index is 1.95. The Morgan fingerprint density at radius 1 is 1.10 bits per heavy atom. The molecule has 0 saturated heterocycles. The molecule has 0 fully saturated rings. The van der Waals surface area contributed by atoms with Crippen LogP contribution >= 0.6 is 34.8 Å². The first kappa shape index (κ1) is 20.2. The second-order valence-electron chi connectivity index (χ2n) is 6.30. The van der Waals surface area contributed by atoms with E-state index in [0.29, 0.717) is 11.6 Å². The zero-order valence-corrected chi connectivity index (χ0v) is 17.6. The fourth-order valence-corrected chi connectivity index (χ4v) is 3.55. The van der Waals surface area contributed by atoms with E-state index in [-0.39, 0.29) is 43.6 Å². The van der Waals surface area contributed by atoms with E-state index in [1.807, 2.05) is 0 Å². The van der Waals surface area contributed by atoms with Gasteiger partial charge in [-0.2, -0.15) is 15.1 Å². The van der Waals surface area contributed by atoms with Crippen LogP contribution in [0.25, 0.3) is 16.7 Å². The van der Waals surface area contributed by atoms with Crippen molar-refractivity contribution in [2.45, 2.75) is 13.0 Å². The summed E-state index contributed by atoms with van der Waals surface area (Å²) in [6, 6.07) is 4.15. The van der Waals surface area contributed by atoms with Crippen molar-refractivity contribution >= 4 is 63.3 Å². The molecule has 0 bridgehead atoms. The molecule has 1 atom stereocenters. The van der Waals surface area contributed by atoms with E-state index in [0.717, 1.165) is 0 Å². The van der Waals surface area contributed by atoms with Crippen LogP contribution in [-0.2, 0) is 0 Å². The highest BCUT2D eigenvalue weighted by Crippen LogP contribution is 2.31. The van der Waals surface area contributed by atoms with Crippen LogP contribution in [0.5, 0.6) is 0 Å². The number of nitrogen functional groups attached to an aromatic ring is 2. The van der Waals surface area contributed by atoms with Crippen molar-refractivity contribution in [3.8, 4) is 5.82 Å². The average Bonchev–Trinajstić information content (AvgIpc) is 3.22. The molecule has 1 unspecified atom stereocenters. The fraction of sp³-hybridized carbons (Fsp3) is 0.118. The first-order chi connectivity index (χ1) is 14.3. The molecular weight excluding hydrogens is 453 g/mol. The third kappa shape index (κ3) is 3.38. The van der Waals surface area contributed by atoms with Crippen LogP contribution < -0.4 is 22.3 Å². The summed E-state index contributed by atoms with van der Waals surface area (Å²) in [7, 11) is 0. The number of benzene rings is 1. The molecule has 6 N–H and O–H groups in total. The fourth-order valence-electron chi connectivity index (χ4n) is 2.98. The van der Waals surface area contributed by atoms with Gasteiger partial charge < -0.3 is 16.8 Å². The van der Waals surface area contributed by atoms with Gasteiger partial charge in [-0.25, -0.2) is 9.55 Å². The largest absolute Gasteiger partial charge is 0.382 e. The van der Waals surface area contributed by atoms with Crippen molar-refractivity contribution in [3.05, 3.63) is 55.6 Å². The molecule has 0 aliphatic heterocycles. The van der Waals surface area contributed by atoms with Crippen LogP contribution in [0.2, 0.25) is 15.1 Å². The van der Waals surface area contributed by atoms with Gasteiger partial charge in [0, 0.05) is 6.07 Å². The van der Waals surface area contributed by atoms with E-state index in [1.54, 1.807) is 25.1 Å². The number of rotatable bonds is 4. The summed E-state index contributed by atoms with van der Waals surface area (Å²) in [4.78, 5) is 25.8. The van der Waals surface area contributed by atoms with Crippen molar-refractivity contribution < 1.29 is 0 Å². The number of halogens is 3. The van der Waals surface area contributed by atoms with Crippen molar-refractivity contribution in [1.29, 1.82) is 0 Å². The molecule has 4 rings (SSSR count). The predicted octanol–water partition coefficient (Wildman–Crippen LogP) is 3.20. The van der Waals surface area contributed by atoms with E-state index >= 15 is 0 Å². The Hall–Kier alpha value is -3.08. The lowest BCUT2D eigenvalue weighted by Gasteiger charge is -2.20. The lowest BCUT2D eigenvalue weighted by molar-refractivity contribution is 0.720. The molecule has 0 spiro atoms. The van der Waals surface area contributed by atoms with Gasteiger partial charge in [0.05, 0.1) is 33.2 Å². The van der Waals surface area contributed by atoms with Crippen molar-refractivity contribution in [1.82, 2.24) is 29.7 Å². The Kier molecular flexibility index (Phi) is 5.14. The summed E-state index contributed by atoms with van der Waals surface area (Å²) in [5.41, 5.74) is 11.3. The molecular formula is C17H14Cl3N9O. The van der Waals surface area contributed by atoms with Crippen molar-refractivity contribution in [3.63, 3.8) is 0 Å². The first-order valence-corrected chi connectivity index (χ1v) is 9.66. The van der Waals surface area contributed by atoms with E-state index in [2.05, 4.69) is 30.5 Å². The number of anilines is 3. The smallest absolute Gasteiger partial charge is 0.268 e. The lowest BCUT2D eigenvalue weighted by atomic mass is 10.2. The normalized spacial score (nSPS) is 12.3. The zero-order valence-electron chi connectivity index (χ0n) is 15.3. The molecule has 1 aromatic carbocycles. The molecule has 3 aromatic heterocycles. The van der Waals surface area contributed by atoms with Gasteiger partial charge in [-0.1, -0.05) is 34.8 Å².